The van der Waals surface area contributed by atoms with Gasteiger partial charge in [0.15, 0.2) is 6.29 Å². The molecule has 0 aromatic heterocycles. The summed E-state index contributed by atoms with van der Waals surface area (Å²) in [5, 5.41) is 0.828. The summed E-state index contributed by atoms with van der Waals surface area (Å²) < 4.78 is 10.1. The standard InChI is InChI=1S/C12H15Cl2NO3/c1-15(7-11(17-2)18-3)12(16)9-6-8(13)4-5-10(9)14/h4-6,11H,7H2,1-3H3. The number of carbonyl (C=O) groups excluding carboxylic acids is 1. The number of ether oxygens (including phenoxy) is 2. The Kier molecular flexibility index (Phi) is 5.88. The Morgan fingerprint density at radius 3 is 2.50 bits per heavy atom. The monoisotopic (exact) mass is 291 g/mol. The third kappa shape index (κ3) is 3.85. The minimum absolute atomic E-state index is 0.235. The van der Waals surface area contributed by atoms with Gasteiger partial charge in [0.25, 0.3) is 5.91 Å². The molecule has 1 rings (SSSR count). The molecule has 0 bridgehead atoms. The number of likely N-dealkylation sites (N-methyl/N-ethyl adjacent to an activating group) is 1. The molecule has 0 aliphatic carbocycles. The van der Waals surface area contributed by atoms with E-state index in [9.17, 15) is 4.79 Å². The molecule has 0 N–H and O–H groups in total. The summed E-state index contributed by atoms with van der Waals surface area (Å²) in [4.78, 5) is 13.6. The van der Waals surface area contributed by atoms with Crippen molar-refractivity contribution in [2.45, 2.75) is 6.29 Å². The van der Waals surface area contributed by atoms with Gasteiger partial charge in [-0.25, -0.2) is 0 Å². The van der Waals surface area contributed by atoms with Crippen LogP contribution in [0.2, 0.25) is 10.0 Å². The predicted octanol–water partition coefficient (Wildman–Crippen LogP) is 2.68. The molecule has 6 heteroatoms. The normalized spacial score (nSPS) is 10.8. The smallest absolute Gasteiger partial charge is 0.255 e. The van der Waals surface area contributed by atoms with E-state index < -0.39 is 6.29 Å². The van der Waals surface area contributed by atoms with E-state index in [1.54, 1.807) is 19.2 Å². The number of hydrogen-bond donors (Lipinski definition) is 0. The number of rotatable bonds is 5. The van der Waals surface area contributed by atoms with Gasteiger partial charge in [-0.15, -0.1) is 0 Å². The lowest BCUT2D eigenvalue weighted by molar-refractivity contribution is -0.110. The van der Waals surface area contributed by atoms with Crippen LogP contribution in [0.1, 0.15) is 10.4 Å². The van der Waals surface area contributed by atoms with Crippen molar-refractivity contribution < 1.29 is 14.3 Å². The molecule has 0 spiro atoms. The van der Waals surface area contributed by atoms with E-state index in [1.807, 2.05) is 0 Å². The fraction of sp³-hybridized carbons (Fsp3) is 0.417. The Morgan fingerprint density at radius 1 is 1.33 bits per heavy atom. The highest BCUT2D eigenvalue weighted by Gasteiger charge is 2.18. The SMILES string of the molecule is COC(CN(C)C(=O)c1cc(Cl)ccc1Cl)OC. The molecule has 0 radical (unpaired) electrons. The lowest BCUT2D eigenvalue weighted by Crippen LogP contribution is -2.36. The van der Waals surface area contributed by atoms with E-state index in [0.29, 0.717) is 22.2 Å². The van der Waals surface area contributed by atoms with Crippen molar-refractivity contribution in [2.24, 2.45) is 0 Å². The maximum atomic E-state index is 12.2. The van der Waals surface area contributed by atoms with Crippen molar-refractivity contribution in [1.29, 1.82) is 0 Å². The first-order valence-electron chi connectivity index (χ1n) is 5.25. The zero-order valence-corrected chi connectivity index (χ0v) is 12.0. The van der Waals surface area contributed by atoms with Gasteiger partial charge in [-0.05, 0) is 18.2 Å². The molecule has 4 nitrogen and oxygen atoms in total. The van der Waals surface area contributed by atoms with Crippen molar-refractivity contribution >= 4 is 29.1 Å². The molecule has 0 fully saturated rings. The number of amides is 1. The summed E-state index contributed by atoms with van der Waals surface area (Å²) in [5.74, 6) is -0.235. The van der Waals surface area contributed by atoms with E-state index in [1.165, 1.54) is 25.2 Å². The van der Waals surface area contributed by atoms with Gasteiger partial charge >= 0.3 is 0 Å². The van der Waals surface area contributed by atoms with Gasteiger partial charge in [-0.1, -0.05) is 23.2 Å². The predicted molar refractivity (Wildman–Crippen MR) is 71.2 cm³/mol. The largest absolute Gasteiger partial charge is 0.354 e. The first kappa shape index (κ1) is 15.2. The molecule has 0 atom stereocenters. The fourth-order valence-corrected chi connectivity index (χ4v) is 1.79. The van der Waals surface area contributed by atoms with Gasteiger partial charge in [0.2, 0.25) is 0 Å². The molecule has 0 saturated carbocycles. The topological polar surface area (TPSA) is 38.8 Å². The number of nitrogens with zero attached hydrogens (tertiary/aromatic N) is 1. The highest BCUT2D eigenvalue weighted by atomic mass is 35.5. The molecule has 0 heterocycles. The summed E-state index contributed by atoms with van der Waals surface area (Å²) >= 11 is 11.8. The summed E-state index contributed by atoms with van der Waals surface area (Å²) in [5.41, 5.74) is 0.359. The quantitative estimate of drug-likeness (QED) is 0.783. The average Bonchev–Trinajstić information content (AvgIpc) is 2.37. The second-order valence-electron chi connectivity index (χ2n) is 3.71. The molecule has 1 amide bonds. The Labute approximate surface area is 116 Å². The summed E-state index contributed by atoms with van der Waals surface area (Å²) in [6.07, 6.45) is -0.475. The summed E-state index contributed by atoms with van der Waals surface area (Å²) in [6.45, 7) is 0.300. The molecular formula is C12H15Cl2NO3. The van der Waals surface area contributed by atoms with Crippen LogP contribution in [0, 0.1) is 0 Å². The molecule has 0 aliphatic rings. The van der Waals surface area contributed by atoms with Crippen molar-refractivity contribution in [2.75, 3.05) is 27.8 Å². The fourth-order valence-electron chi connectivity index (χ4n) is 1.42. The van der Waals surface area contributed by atoms with Gasteiger partial charge in [0.1, 0.15) is 0 Å². The van der Waals surface area contributed by atoms with Crippen molar-refractivity contribution in [3.8, 4) is 0 Å². The lowest BCUT2D eigenvalue weighted by atomic mass is 10.2. The number of methoxy groups -OCH3 is 2. The van der Waals surface area contributed by atoms with Gasteiger partial charge in [-0.3, -0.25) is 4.79 Å². The van der Waals surface area contributed by atoms with Crippen LogP contribution in [0.4, 0.5) is 0 Å². The highest BCUT2D eigenvalue weighted by Crippen LogP contribution is 2.21. The molecule has 0 aliphatic heterocycles. The second kappa shape index (κ2) is 6.95. The van der Waals surface area contributed by atoms with E-state index in [2.05, 4.69) is 0 Å². The third-order valence-corrected chi connectivity index (χ3v) is 3.02. The van der Waals surface area contributed by atoms with E-state index in [4.69, 9.17) is 32.7 Å². The summed E-state index contributed by atoms with van der Waals surface area (Å²) in [6, 6.07) is 4.76. The van der Waals surface area contributed by atoms with Crippen LogP contribution >= 0.6 is 23.2 Å². The maximum absolute atomic E-state index is 12.2. The van der Waals surface area contributed by atoms with Crippen LogP contribution in [-0.2, 0) is 9.47 Å². The van der Waals surface area contributed by atoms with Crippen molar-refractivity contribution in [1.82, 2.24) is 4.90 Å². The number of hydrogen-bond acceptors (Lipinski definition) is 3. The molecule has 100 valence electrons. The number of benzene rings is 1. The third-order valence-electron chi connectivity index (χ3n) is 2.45. The van der Waals surface area contributed by atoms with Crippen molar-refractivity contribution in [3.63, 3.8) is 0 Å². The molecule has 18 heavy (non-hydrogen) atoms. The first-order chi connectivity index (χ1) is 8.49. The van der Waals surface area contributed by atoms with Gasteiger partial charge in [0, 0.05) is 26.3 Å². The van der Waals surface area contributed by atoms with Crippen LogP contribution in [0.25, 0.3) is 0 Å². The van der Waals surface area contributed by atoms with Gasteiger partial charge in [0.05, 0.1) is 17.1 Å². The molecule has 0 saturated heterocycles. The molecule has 0 unspecified atom stereocenters. The highest BCUT2D eigenvalue weighted by molar-refractivity contribution is 6.35. The molecule has 1 aromatic carbocycles. The van der Waals surface area contributed by atoms with Gasteiger partial charge < -0.3 is 14.4 Å². The zero-order valence-electron chi connectivity index (χ0n) is 10.4. The van der Waals surface area contributed by atoms with E-state index in [-0.39, 0.29) is 5.91 Å². The molecular weight excluding hydrogens is 277 g/mol. The Bertz CT molecular complexity index is 422. The van der Waals surface area contributed by atoms with Crippen molar-refractivity contribution in [3.05, 3.63) is 33.8 Å². The second-order valence-corrected chi connectivity index (χ2v) is 4.55. The Morgan fingerprint density at radius 2 is 1.94 bits per heavy atom. The molecule has 1 aromatic rings. The first-order valence-corrected chi connectivity index (χ1v) is 6.01. The van der Waals surface area contributed by atoms with E-state index in [0.717, 1.165) is 0 Å². The van der Waals surface area contributed by atoms with Gasteiger partial charge in [-0.2, -0.15) is 0 Å². The minimum Gasteiger partial charge on any atom is -0.354 e. The zero-order chi connectivity index (χ0) is 13.7. The van der Waals surface area contributed by atoms with E-state index >= 15 is 0 Å². The Hall–Kier alpha value is -0.810. The van der Waals surface area contributed by atoms with Crippen LogP contribution < -0.4 is 0 Å². The van der Waals surface area contributed by atoms with Crippen LogP contribution in [-0.4, -0.2) is 44.9 Å². The maximum Gasteiger partial charge on any atom is 0.255 e. The average molecular weight is 292 g/mol. The van der Waals surface area contributed by atoms with Crippen LogP contribution in [0.15, 0.2) is 18.2 Å². The summed E-state index contributed by atoms with van der Waals surface area (Å²) in [7, 11) is 4.67. The number of halogens is 2. The van der Waals surface area contributed by atoms with Crippen LogP contribution in [0.5, 0.6) is 0 Å². The lowest BCUT2D eigenvalue weighted by Gasteiger charge is -2.22. The minimum atomic E-state index is -0.475. The van der Waals surface area contributed by atoms with Crippen LogP contribution in [0.3, 0.4) is 0 Å². The Balaban J connectivity index is 2.83. The number of carbonyl (C=O) groups is 1.